The fourth-order valence-electron chi connectivity index (χ4n) is 5.08. The Morgan fingerprint density at radius 2 is 1.03 bits per heavy atom. The van der Waals surface area contributed by atoms with E-state index in [9.17, 15) is 34.8 Å². The number of rotatable bonds is 11. The van der Waals surface area contributed by atoms with E-state index in [0.717, 1.165) is 0 Å². The zero-order valence-electron chi connectivity index (χ0n) is 21.4. The lowest BCUT2D eigenvalue weighted by Gasteiger charge is -2.49. The molecule has 0 spiro atoms. The van der Waals surface area contributed by atoms with Crippen molar-refractivity contribution in [3.8, 4) is 0 Å². The van der Waals surface area contributed by atoms with Crippen LogP contribution in [0.4, 0.5) is 0 Å². The fraction of sp³-hybridized carbons (Fsp3) is 0.864. The van der Waals surface area contributed by atoms with Crippen molar-refractivity contribution in [1.29, 1.82) is 0 Å². The molecule has 218 valence electrons. The Labute approximate surface area is 218 Å². The molecule has 0 aromatic heterocycles. The van der Waals surface area contributed by atoms with Crippen LogP contribution in [0, 0.1) is 0 Å². The van der Waals surface area contributed by atoms with Gasteiger partial charge in [0, 0.05) is 7.11 Å². The summed E-state index contributed by atoms with van der Waals surface area (Å²) in [7, 11) is 1.29. The molecule has 3 aliphatic heterocycles. The molecule has 0 saturated carbocycles. The molecule has 3 fully saturated rings. The molecule has 0 unspecified atom stereocenters. The largest absolute Gasteiger partial charge is 0.388 e. The van der Waals surface area contributed by atoms with Gasteiger partial charge < -0.3 is 64.8 Å². The van der Waals surface area contributed by atoms with Crippen LogP contribution < -0.4 is 16.0 Å². The highest BCUT2D eigenvalue weighted by Gasteiger charge is 2.53. The SMILES string of the molecule is CO[C@@H]1[C@@H](O[C@@H]2[C@@H](O[C@@H]3[C@H](O)[C@@H](O)O[C@H](C)[C@H]3NC=O)O[C@H](C)[C@@H](NC=O)[C@@H]2O)O[C@H](C)[C@@H](NC=O)[C@@H]1O. The van der Waals surface area contributed by atoms with Gasteiger partial charge in [-0.15, -0.1) is 0 Å². The van der Waals surface area contributed by atoms with Gasteiger partial charge in [-0.2, -0.15) is 0 Å². The van der Waals surface area contributed by atoms with Gasteiger partial charge in [0.2, 0.25) is 19.2 Å². The lowest BCUT2D eigenvalue weighted by molar-refractivity contribution is -0.366. The molecule has 15 atom stereocenters. The highest BCUT2D eigenvalue weighted by molar-refractivity contribution is 5.48. The van der Waals surface area contributed by atoms with Gasteiger partial charge in [0.05, 0.1) is 36.4 Å². The summed E-state index contributed by atoms with van der Waals surface area (Å²) < 4.78 is 34.4. The molecular formula is C22H37N3O13. The van der Waals surface area contributed by atoms with Crippen LogP contribution in [-0.4, -0.2) is 139 Å². The van der Waals surface area contributed by atoms with Crippen LogP contribution in [0.15, 0.2) is 0 Å². The van der Waals surface area contributed by atoms with Gasteiger partial charge in [0.1, 0.15) is 36.6 Å². The van der Waals surface area contributed by atoms with E-state index in [1.165, 1.54) is 7.11 Å². The first-order valence-electron chi connectivity index (χ1n) is 12.2. The Morgan fingerprint density at radius 3 is 1.53 bits per heavy atom. The number of carbonyl (C=O) groups is 3. The molecule has 0 aromatic rings. The molecule has 16 nitrogen and oxygen atoms in total. The van der Waals surface area contributed by atoms with Gasteiger partial charge in [-0.3, -0.25) is 14.4 Å². The average Bonchev–Trinajstić information content (AvgIpc) is 2.87. The van der Waals surface area contributed by atoms with E-state index in [0.29, 0.717) is 19.2 Å². The van der Waals surface area contributed by atoms with Crippen LogP contribution in [0.25, 0.3) is 0 Å². The van der Waals surface area contributed by atoms with E-state index < -0.39 is 91.9 Å². The summed E-state index contributed by atoms with van der Waals surface area (Å²) in [5, 5.41) is 50.1. The molecule has 0 aliphatic carbocycles. The molecule has 3 rings (SSSR count). The normalized spacial score (nSPS) is 47.5. The van der Waals surface area contributed by atoms with Crippen LogP contribution >= 0.6 is 0 Å². The summed E-state index contributed by atoms with van der Waals surface area (Å²) in [5.74, 6) is 0. The zero-order valence-corrected chi connectivity index (χ0v) is 21.4. The Bertz CT molecular complexity index is 796. The minimum Gasteiger partial charge on any atom is -0.388 e. The van der Waals surface area contributed by atoms with Crippen molar-refractivity contribution in [2.75, 3.05) is 7.11 Å². The summed E-state index contributed by atoms with van der Waals surface area (Å²) in [6, 6.07) is -2.71. The number of nitrogens with one attached hydrogen (secondary N) is 3. The first kappa shape index (κ1) is 30.6. The van der Waals surface area contributed by atoms with Crippen LogP contribution in [0.1, 0.15) is 20.8 Å². The number of aliphatic hydroxyl groups is 4. The van der Waals surface area contributed by atoms with Crippen molar-refractivity contribution >= 4 is 19.2 Å². The molecule has 3 heterocycles. The molecule has 3 aliphatic rings. The van der Waals surface area contributed by atoms with E-state index >= 15 is 0 Å². The Kier molecular flexibility index (Phi) is 10.8. The average molecular weight is 552 g/mol. The molecular weight excluding hydrogens is 514 g/mol. The third-order valence-electron chi connectivity index (χ3n) is 7.13. The fourth-order valence-corrected chi connectivity index (χ4v) is 5.08. The van der Waals surface area contributed by atoms with E-state index in [2.05, 4.69) is 16.0 Å². The summed E-state index contributed by atoms with van der Waals surface area (Å²) in [6.07, 6.45) is -13.7. The second-order valence-corrected chi connectivity index (χ2v) is 9.46. The molecule has 0 aromatic carbocycles. The summed E-state index contributed by atoms with van der Waals surface area (Å²) >= 11 is 0. The van der Waals surface area contributed by atoms with Gasteiger partial charge in [0.15, 0.2) is 18.9 Å². The molecule has 0 bridgehead atoms. The number of amides is 3. The third-order valence-corrected chi connectivity index (χ3v) is 7.13. The molecule has 7 N–H and O–H groups in total. The molecule has 3 amide bonds. The van der Waals surface area contributed by atoms with Crippen molar-refractivity contribution in [2.45, 2.75) is 113 Å². The lowest BCUT2D eigenvalue weighted by Crippen LogP contribution is -2.69. The van der Waals surface area contributed by atoms with Crippen molar-refractivity contribution in [2.24, 2.45) is 0 Å². The van der Waals surface area contributed by atoms with Gasteiger partial charge in [-0.25, -0.2) is 0 Å². The molecule has 38 heavy (non-hydrogen) atoms. The van der Waals surface area contributed by atoms with Crippen molar-refractivity contribution in [3.63, 3.8) is 0 Å². The summed E-state index contributed by atoms with van der Waals surface area (Å²) in [6.45, 7) is 4.70. The molecule has 3 saturated heterocycles. The zero-order chi connectivity index (χ0) is 28.1. The quantitative estimate of drug-likeness (QED) is 0.120. The predicted molar refractivity (Wildman–Crippen MR) is 123 cm³/mol. The third kappa shape index (κ3) is 6.25. The highest BCUT2D eigenvalue weighted by Crippen LogP contribution is 2.33. The molecule has 0 radical (unpaired) electrons. The Morgan fingerprint density at radius 1 is 0.605 bits per heavy atom. The van der Waals surface area contributed by atoms with Crippen LogP contribution in [0.3, 0.4) is 0 Å². The lowest BCUT2D eigenvalue weighted by atomic mass is 9.94. The number of aliphatic hydroxyl groups excluding tert-OH is 4. The van der Waals surface area contributed by atoms with E-state index in [-0.39, 0.29) is 0 Å². The first-order valence-corrected chi connectivity index (χ1v) is 12.2. The summed E-state index contributed by atoms with van der Waals surface area (Å²) in [4.78, 5) is 33.4. The topological polar surface area (TPSA) is 224 Å². The minimum absolute atomic E-state index is 0.382. The highest BCUT2D eigenvalue weighted by atomic mass is 16.8. The van der Waals surface area contributed by atoms with Crippen LogP contribution in [0.5, 0.6) is 0 Å². The van der Waals surface area contributed by atoms with Gasteiger partial charge in [-0.05, 0) is 20.8 Å². The van der Waals surface area contributed by atoms with E-state index in [4.69, 9.17) is 28.4 Å². The second kappa shape index (κ2) is 13.4. The standard InChI is InChI=1S/C22H37N3O13/c1-8-11(23-5-26)14(29)18(33-4)21(35-8)38-19-15(30)12(24-6-27)9(2)36-22(19)37-17-13(25-7-28)10(3)34-20(32)16(17)31/h5-22,29-32H,1-4H3,(H,23,26)(H,24,27)(H,25,28)/t8-,9-,10-,11-,12-,13-,14+,15+,16+,17+,18+,19+,20+,21-,22-/m1/s1. The Hall–Kier alpha value is -1.99. The van der Waals surface area contributed by atoms with Crippen LogP contribution in [-0.2, 0) is 42.8 Å². The van der Waals surface area contributed by atoms with Crippen molar-refractivity contribution < 1.29 is 63.2 Å². The number of hydrogen-bond acceptors (Lipinski definition) is 13. The van der Waals surface area contributed by atoms with E-state index in [1.54, 1.807) is 20.8 Å². The van der Waals surface area contributed by atoms with Gasteiger partial charge >= 0.3 is 0 Å². The number of methoxy groups -OCH3 is 1. The number of hydrogen-bond donors (Lipinski definition) is 7. The smallest absolute Gasteiger partial charge is 0.207 e. The number of ether oxygens (including phenoxy) is 6. The van der Waals surface area contributed by atoms with Crippen LogP contribution in [0.2, 0.25) is 0 Å². The number of carbonyl (C=O) groups excluding carboxylic acids is 3. The minimum atomic E-state index is -1.65. The molecule has 16 heteroatoms. The van der Waals surface area contributed by atoms with E-state index in [1.807, 2.05) is 0 Å². The summed E-state index contributed by atoms with van der Waals surface area (Å²) in [5.41, 5.74) is 0. The second-order valence-electron chi connectivity index (χ2n) is 9.46. The predicted octanol–water partition coefficient (Wildman–Crippen LogP) is -4.57. The maximum atomic E-state index is 11.2. The van der Waals surface area contributed by atoms with Crippen molar-refractivity contribution in [1.82, 2.24) is 16.0 Å². The monoisotopic (exact) mass is 551 g/mol. The van der Waals surface area contributed by atoms with Gasteiger partial charge in [-0.1, -0.05) is 0 Å². The first-order chi connectivity index (χ1) is 18.1. The maximum Gasteiger partial charge on any atom is 0.207 e. The maximum absolute atomic E-state index is 11.2. The Balaban J connectivity index is 1.90. The van der Waals surface area contributed by atoms with Gasteiger partial charge in [0.25, 0.3) is 0 Å². The van der Waals surface area contributed by atoms with Crippen molar-refractivity contribution in [3.05, 3.63) is 0 Å².